The van der Waals surface area contributed by atoms with Gasteiger partial charge < -0.3 is 4.90 Å². The Hall–Kier alpha value is -2.33. The van der Waals surface area contributed by atoms with E-state index >= 15 is 0 Å². The summed E-state index contributed by atoms with van der Waals surface area (Å²) in [7, 11) is 0. The molecule has 2 aromatic rings. The second-order valence-electron chi connectivity index (χ2n) is 6.84. The summed E-state index contributed by atoms with van der Waals surface area (Å²) >= 11 is 6.51. The van der Waals surface area contributed by atoms with Gasteiger partial charge in [-0.1, -0.05) is 53.6 Å². The predicted octanol–water partition coefficient (Wildman–Crippen LogP) is 4.39. The number of halogens is 1. The van der Waals surface area contributed by atoms with Crippen LogP contribution in [0.15, 0.2) is 42.5 Å². The van der Waals surface area contributed by atoms with Crippen LogP contribution < -0.4 is 0 Å². The first-order chi connectivity index (χ1) is 12.4. The molecule has 1 aliphatic heterocycles. The number of amides is 1. The highest BCUT2D eigenvalue weighted by atomic mass is 35.5. The molecule has 26 heavy (non-hydrogen) atoms. The summed E-state index contributed by atoms with van der Waals surface area (Å²) in [5.74, 6) is 0.0132. The van der Waals surface area contributed by atoms with Gasteiger partial charge in [0.05, 0.1) is 12.2 Å². The normalized spacial score (nSPS) is 15.0. The summed E-state index contributed by atoms with van der Waals surface area (Å²) in [5, 5.41) is 5.08. The molecule has 5 heteroatoms. The molecule has 0 atom stereocenters. The number of benzene rings is 1. The lowest BCUT2D eigenvalue weighted by Gasteiger charge is -2.26. The van der Waals surface area contributed by atoms with Crippen LogP contribution >= 0.6 is 11.6 Å². The van der Waals surface area contributed by atoms with E-state index in [-0.39, 0.29) is 5.91 Å². The summed E-state index contributed by atoms with van der Waals surface area (Å²) in [4.78, 5) is 14.2. The molecule has 1 saturated heterocycles. The first-order valence-corrected chi connectivity index (χ1v) is 9.24. The molecule has 0 spiro atoms. The van der Waals surface area contributed by atoms with Crippen molar-refractivity contribution in [3.63, 3.8) is 0 Å². The van der Waals surface area contributed by atoms with Crippen molar-refractivity contribution < 1.29 is 4.79 Å². The van der Waals surface area contributed by atoms with Crippen LogP contribution in [0, 0.1) is 13.8 Å². The highest BCUT2D eigenvalue weighted by Crippen LogP contribution is 2.23. The molecule has 1 aromatic carbocycles. The summed E-state index contributed by atoms with van der Waals surface area (Å²) < 4.78 is 1.77. The maximum absolute atomic E-state index is 12.4. The monoisotopic (exact) mass is 369 g/mol. The zero-order valence-corrected chi connectivity index (χ0v) is 16.1. The van der Waals surface area contributed by atoms with E-state index in [0.29, 0.717) is 11.7 Å². The van der Waals surface area contributed by atoms with E-state index in [2.05, 4.69) is 42.9 Å². The van der Waals surface area contributed by atoms with Crippen molar-refractivity contribution in [1.82, 2.24) is 14.7 Å². The Morgan fingerprint density at radius 2 is 1.88 bits per heavy atom. The number of carbonyl (C=O) groups is 1. The minimum absolute atomic E-state index is 0.0132. The first-order valence-electron chi connectivity index (χ1n) is 8.86. The highest BCUT2D eigenvalue weighted by Gasteiger charge is 2.17. The minimum Gasteiger partial charge on any atom is -0.339 e. The van der Waals surface area contributed by atoms with Crippen molar-refractivity contribution in [3.8, 4) is 0 Å². The van der Waals surface area contributed by atoms with Gasteiger partial charge in [0, 0.05) is 24.7 Å². The van der Waals surface area contributed by atoms with Crippen LogP contribution in [0.2, 0.25) is 5.15 Å². The lowest BCUT2D eigenvalue weighted by atomic mass is 10.1. The zero-order chi connectivity index (χ0) is 18.7. The van der Waals surface area contributed by atoms with Crippen LogP contribution in [0.5, 0.6) is 0 Å². The van der Waals surface area contributed by atoms with Gasteiger partial charge in [-0.2, -0.15) is 5.10 Å². The number of nitrogens with zero attached hydrogens (tertiary/aromatic N) is 3. The van der Waals surface area contributed by atoms with E-state index in [1.165, 1.54) is 11.1 Å². The Labute approximate surface area is 159 Å². The Morgan fingerprint density at radius 1 is 1.23 bits per heavy atom. The van der Waals surface area contributed by atoms with Crippen molar-refractivity contribution in [2.24, 2.45) is 0 Å². The summed E-state index contributed by atoms with van der Waals surface area (Å²) in [6, 6.07) is 8.30. The summed E-state index contributed by atoms with van der Waals surface area (Å²) in [6.07, 6.45) is 5.14. The number of rotatable bonds is 4. The quantitative estimate of drug-likeness (QED) is 0.592. The molecular weight excluding hydrogens is 346 g/mol. The molecule has 0 aliphatic carbocycles. The van der Waals surface area contributed by atoms with Crippen LogP contribution in [0.4, 0.5) is 0 Å². The average Bonchev–Trinajstić information content (AvgIpc) is 2.89. The number of aromatic nitrogens is 2. The minimum atomic E-state index is 0.0132. The zero-order valence-electron chi connectivity index (χ0n) is 15.3. The molecule has 1 fully saturated rings. The lowest BCUT2D eigenvalue weighted by Crippen LogP contribution is -2.34. The lowest BCUT2D eigenvalue weighted by molar-refractivity contribution is -0.126. The van der Waals surface area contributed by atoms with Crippen LogP contribution in [0.1, 0.15) is 35.2 Å². The van der Waals surface area contributed by atoms with E-state index in [1.54, 1.807) is 16.8 Å². The van der Waals surface area contributed by atoms with E-state index in [1.807, 2.05) is 11.8 Å². The Morgan fingerprint density at radius 3 is 2.54 bits per heavy atom. The molecule has 0 bridgehead atoms. The SMILES string of the molecule is C=C1CCN(C(=O)/C=C/c2c(C)nn(Cc3ccc(C)cc3)c2Cl)CC1. The van der Waals surface area contributed by atoms with E-state index < -0.39 is 0 Å². The molecule has 0 N–H and O–H groups in total. The second-order valence-corrected chi connectivity index (χ2v) is 7.20. The number of carbonyl (C=O) groups excluding carboxylic acids is 1. The van der Waals surface area contributed by atoms with Crippen molar-refractivity contribution >= 4 is 23.6 Å². The number of hydrogen-bond donors (Lipinski definition) is 0. The maximum atomic E-state index is 12.4. The number of likely N-dealkylation sites (tertiary alicyclic amines) is 1. The highest BCUT2D eigenvalue weighted by molar-refractivity contribution is 6.31. The molecule has 1 aromatic heterocycles. The molecule has 0 saturated carbocycles. The van der Waals surface area contributed by atoms with Gasteiger partial charge in [0.15, 0.2) is 0 Å². The summed E-state index contributed by atoms with van der Waals surface area (Å²) in [6.45, 7) is 10.0. The van der Waals surface area contributed by atoms with Crippen molar-refractivity contribution in [3.05, 3.63) is 70.0 Å². The van der Waals surface area contributed by atoms with Crippen molar-refractivity contribution in [1.29, 1.82) is 0 Å². The molecule has 136 valence electrons. The topological polar surface area (TPSA) is 38.1 Å². The third kappa shape index (κ3) is 4.25. The molecular formula is C21H24ClN3O. The second kappa shape index (κ2) is 7.92. The van der Waals surface area contributed by atoms with Crippen molar-refractivity contribution in [2.75, 3.05) is 13.1 Å². The predicted molar refractivity (Wildman–Crippen MR) is 106 cm³/mol. The molecule has 0 radical (unpaired) electrons. The van der Waals surface area contributed by atoms with Gasteiger partial charge in [0.2, 0.25) is 5.91 Å². The van der Waals surface area contributed by atoms with Gasteiger partial charge in [-0.05, 0) is 38.3 Å². The van der Waals surface area contributed by atoms with Gasteiger partial charge in [-0.3, -0.25) is 4.79 Å². The van der Waals surface area contributed by atoms with E-state index in [4.69, 9.17) is 11.6 Å². The summed E-state index contributed by atoms with van der Waals surface area (Å²) in [5.41, 5.74) is 5.20. The molecule has 1 aliphatic rings. The van der Waals surface area contributed by atoms with Crippen LogP contribution in [-0.4, -0.2) is 33.7 Å². The molecule has 1 amide bonds. The smallest absolute Gasteiger partial charge is 0.246 e. The van der Waals surface area contributed by atoms with Gasteiger partial charge in [0.25, 0.3) is 0 Å². The average molecular weight is 370 g/mol. The molecule has 0 unspecified atom stereocenters. The van der Waals surface area contributed by atoms with Crippen molar-refractivity contribution in [2.45, 2.75) is 33.2 Å². The van der Waals surface area contributed by atoms with Crippen LogP contribution in [0.25, 0.3) is 6.08 Å². The third-order valence-corrected chi connectivity index (χ3v) is 5.14. The number of aryl methyl sites for hydroxylation is 2. The van der Waals surface area contributed by atoms with Gasteiger partial charge in [0.1, 0.15) is 5.15 Å². The standard InChI is InChI=1S/C21H24ClN3O/c1-15-4-6-18(7-5-15)14-25-21(22)19(17(3)23-25)8-9-20(26)24-12-10-16(2)11-13-24/h4-9H,2,10-14H2,1,3H3/b9-8+. The fourth-order valence-electron chi connectivity index (χ4n) is 3.03. The van der Waals surface area contributed by atoms with Gasteiger partial charge >= 0.3 is 0 Å². The number of hydrogen-bond acceptors (Lipinski definition) is 2. The van der Waals surface area contributed by atoms with Crippen LogP contribution in [0.3, 0.4) is 0 Å². The first kappa shape index (κ1) is 18.5. The fourth-order valence-corrected chi connectivity index (χ4v) is 3.33. The molecule has 4 nitrogen and oxygen atoms in total. The Bertz CT molecular complexity index is 839. The van der Waals surface area contributed by atoms with E-state index in [0.717, 1.165) is 42.8 Å². The van der Waals surface area contributed by atoms with Gasteiger partial charge in [-0.25, -0.2) is 4.68 Å². The molecule has 3 rings (SSSR count). The third-order valence-electron chi connectivity index (χ3n) is 4.74. The fraction of sp³-hybridized carbons (Fsp3) is 0.333. The Kier molecular flexibility index (Phi) is 5.62. The molecule has 2 heterocycles. The number of piperidine rings is 1. The largest absolute Gasteiger partial charge is 0.339 e. The Balaban J connectivity index is 1.72. The maximum Gasteiger partial charge on any atom is 0.246 e. The van der Waals surface area contributed by atoms with Crippen LogP contribution in [-0.2, 0) is 11.3 Å². The van der Waals surface area contributed by atoms with E-state index in [9.17, 15) is 4.79 Å². The van der Waals surface area contributed by atoms with Gasteiger partial charge in [-0.15, -0.1) is 0 Å².